The SMILES string of the molecule is CNC(=O)c1c(C)n(C)c2cc(Oc3ccnc4cc(-c5cncnc5)sc34)ccc12. The Morgan fingerprint density at radius 1 is 1.16 bits per heavy atom. The van der Waals surface area contributed by atoms with Gasteiger partial charge in [-0.25, -0.2) is 9.97 Å². The van der Waals surface area contributed by atoms with Gasteiger partial charge >= 0.3 is 0 Å². The van der Waals surface area contributed by atoms with E-state index < -0.39 is 0 Å². The number of ether oxygens (including phenoxy) is 1. The zero-order valence-electron chi connectivity index (χ0n) is 17.2. The number of nitrogens with zero attached hydrogens (tertiary/aromatic N) is 4. The molecule has 0 atom stereocenters. The number of nitrogens with one attached hydrogen (secondary N) is 1. The summed E-state index contributed by atoms with van der Waals surface area (Å²) in [6.45, 7) is 1.94. The van der Waals surface area contributed by atoms with Crippen LogP contribution >= 0.6 is 11.3 Å². The van der Waals surface area contributed by atoms with Gasteiger partial charge in [0.2, 0.25) is 0 Å². The number of hydrogen-bond acceptors (Lipinski definition) is 6. The minimum absolute atomic E-state index is 0.0939. The minimum atomic E-state index is -0.0939. The zero-order chi connectivity index (χ0) is 21.5. The van der Waals surface area contributed by atoms with Crippen LogP contribution < -0.4 is 10.1 Å². The number of hydrogen-bond donors (Lipinski definition) is 1. The molecule has 154 valence electrons. The topological polar surface area (TPSA) is 81.9 Å². The van der Waals surface area contributed by atoms with Gasteiger partial charge in [0.1, 0.15) is 17.8 Å². The molecule has 0 aliphatic heterocycles. The average Bonchev–Trinajstić information content (AvgIpc) is 3.34. The summed E-state index contributed by atoms with van der Waals surface area (Å²) in [6.07, 6.45) is 6.83. The number of carbonyl (C=O) groups excluding carboxylic acids is 1. The number of pyridine rings is 1. The van der Waals surface area contributed by atoms with Gasteiger partial charge in [-0.15, -0.1) is 11.3 Å². The number of rotatable bonds is 4. The summed E-state index contributed by atoms with van der Waals surface area (Å²) in [5.74, 6) is 1.33. The van der Waals surface area contributed by atoms with Crippen LogP contribution in [-0.2, 0) is 7.05 Å². The van der Waals surface area contributed by atoms with Crippen molar-refractivity contribution in [2.24, 2.45) is 7.05 Å². The van der Waals surface area contributed by atoms with Crippen LogP contribution in [0.5, 0.6) is 11.5 Å². The van der Waals surface area contributed by atoms with Crippen molar-refractivity contribution in [3.05, 3.63) is 66.5 Å². The molecule has 5 aromatic rings. The Labute approximate surface area is 182 Å². The molecule has 0 aliphatic carbocycles. The summed E-state index contributed by atoms with van der Waals surface area (Å²) in [6, 6.07) is 9.66. The molecule has 0 saturated heterocycles. The third-order valence-corrected chi connectivity index (χ3v) is 6.56. The molecule has 0 fully saturated rings. The first-order valence-corrected chi connectivity index (χ1v) is 10.5. The van der Waals surface area contributed by atoms with Crippen LogP contribution in [-0.4, -0.2) is 32.5 Å². The van der Waals surface area contributed by atoms with E-state index in [1.54, 1.807) is 37.0 Å². The van der Waals surface area contributed by atoms with E-state index in [1.807, 2.05) is 48.9 Å². The minimum Gasteiger partial charge on any atom is -0.456 e. The first kappa shape index (κ1) is 19.2. The molecule has 0 aliphatic rings. The molecule has 4 aromatic heterocycles. The highest BCUT2D eigenvalue weighted by Gasteiger charge is 2.18. The summed E-state index contributed by atoms with van der Waals surface area (Å²) in [4.78, 5) is 26.0. The Bertz CT molecular complexity index is 1440. The second kappa shape index (κ2) is 7.48. The number of aryl methyl sites for hydroxylation is 1. The van der Waals surface area contributed by atoms with E-state index in [0.29, 0.717) is 11.3 Å². The van der Waals surface area contributed by atoms with E-state index in [0.717, 1.165) is 43.0 Å². The van der Waals surface area contributed by atoms with Crippen molar-refractivity contribution in [3.8, 4) is 21.9 Å². The maximum absolute atomic E-state index is 12.3. The van der Waals surface area contributed by atoms with Crippen molar-refractivity contribution in [3.63, 3.8) is 0 Å². The lowest BCUT2D eigenvalue weighted by molar-refractivity contribution is 0.0964. The Balaban J connectivity index is 1.56. The molecule has 0 bridgehead atoms. The molecule has 4 heterocycles. The summed E-state index contributed by atoms with van der Waals surface area (Å²) >= 11 is 1.59. The molecule has 8 heteroatoms. The number of carbonyl (C=O) groups is 1. The molecule has 5 rings (SSSR count). The monoisotopic (exact) mass is 429 g/mol. The molecule has 1 N–H and O–H groups in total. The summed E-state index contributed by atoms with van der Waals surface area (Å²) in [7, 11) is 3.59. The van der Waals surface area contributed by atoms with E-state index in [1.165, 1.54) is 6.33 Å². The van der Waals surface area contributed by atoms with Crippen LogP contribution in [0.4, 0.5) is 0 Å². The molecular formula is C23H19N5O2S. The Morgan fingerprint density at radius 2 is 1.97 bits per heavy atom. The molecule has 1 aromatic carbocycles. The number of thiophene rings is 1. The fraction of sp³-hybridized carbons (Fsp3) is 0.130. The number of aromatic nitrogens is 4. The van der Waals surface area contributed by atoms with Crippen molar-refractivity contribution in [2.75, 3.05) is 7.05 Å². The van der Waals surface area contributed by atoms with Gasteiger partial charge in [-0.1, -0.05) is 0 Å². The second-order valence-corrected chi connectivity index (χ2v) is 8.19. The van der Waals surface area contributed by atoms with E-state index in [-0.39, 0.29) is 5.91 Å². The van der Waals surface area contributed by atoms with Gasteiger partial charge in [-0.2, -0.15) is 0 Å². The first-order valence-electron chi connectivity index (χ1n) is 9.69. The average molecular weight is 430 g/mol. The number of benzene rings is 1. The Hall–Kier alpha value is -3.78. The molecule has 7 nitrogen and oxygen atoms in total. The van der Waals surface area contributed by atoms with Gasteiger partial charge in [0, 0.05) is 66.3 Å². The molecule has 31 heavy (non-hydrogen) atoms. The highest BCUT2D eigenvalue weighted by Crippen LogP contribution is 2.39. The highest BCUT2D eigenvalue weighted by atomic mass is 32.1. The van der Waals surface area contributed by atoms with E-state index in [4.69, 9.17) is 4.74 Å². The fourth-order valence-electron chi connectivity index (χ4n) is 3.71. The van der Waals surface area contributed by atoms with Crippen LogP contribution in [0.1, 0.15) is 16.1 Å². The molecule has 0 radical (unpaired) electrons. The molecular weight excluding hydrogens is 410 g/mol. The van der Waals surface area contributed by atoms with E-state index in [2.05, 4.69) is 20.3 Å². The smallest absolute Gasteiger partial charge is 0.253 e. The first-order chi connectivity index (χ1) is 15.1. The maximum atomic E-state index is 12.3. The van der Waals surface area contributed by atoms with E-state index >= 15 is 0 Å². The summed E-state index contributed by atoms with van der Waals surface area (Å²) in [5, 5.41) is 3.62. The van der Waals surface area contributed by atoms with Gasteiger partial charge in [0.05, 0.1) is 21.3 Å². The second-order valence-electron chi connectivity index (χ2n) is 7.14. The predicted molar refractivity (Wildman–Crippen MR) is 122 cm³/mol. The van der Waals surface area contributed by atoms with Gasteiger partial charge in [-0.05, 0) is 25.1 Å². The molecule has 1 amide bonds. The molecule has 0 unspecified atom stereocenters. The third kappa shape index (κ3) is 3.21. The van der Waals surface area contributed by atoms with Crippen LogP contribution in [0.15, 0.2) is 55.2 Å². The Kier molecular flexibility index (Phi) is 4.63. The number of amides is 1. The third-order valence-electron chi connectivity index (χ3n) is 5.37. The van der Waals surface area contributed by atoms with Crippen molar-refractivity contribution in [1.82, 2.24) is 24.8 Å². The molecule has 0 saturated carbocycles. The van der Waals surface area contributed by atoms with Gasteiger partial charge in [0.15, 0.2) is 0 Å². The van der Waals surface area contributed by atoms with Crippen molar-refractivity contribution in [1.29, 1.82) is 0 Å². The lowest BCUT2D eigenvalue weighted by Crippen LogP contribution is -2.18. The van der Waals surface area contributed by atoms with Crippen molar-refractivity contribution < 1.29 is 9.53 Å². The number of fused-ring (bicyclic) bond motifs is 2. The zero-order valence-corrected chi connectivity index (χ0v) is 18.0. The van der Waals surface area contributed by atoms with Gasteiger partial charge in [0.25, 0.3) is 5.91 Å². The quantitative estimate of drug-likeness (QED) is 0.448. The van der Waals surface area contributed by atoms with Crippen LogP contribution in [0.3, 0.4) is 0 Å². The largest absolute Gasteiger partial charge is 0.456 e. The lowest BCUT2D eigenvalue weighted by atomic mass is 10.1. The van der Waals surface area contributed by atoms with Crippen molar-refractivity contribution in [2.45, 2.75) is 6.92 Å². The summed E-state index contributed by atoms with van der Waals surface area (Å²) < 4.78 is 9.23. The fourth-order valence-corrected chi connectivity index (χ4v) is 4.75. The van der Waals surface area contributed by atoms with Gasteiger partial charge in [-0.3, -0.25) is 9.78 Å². The maximum Gasteiger partial charge on any atom is 0.253 e. The van der Waals surface area contributed by atoms with Crippen molar-refractivity contribution >= 4 is 38.4 Å². The lowest BCUT2D eigenvalue weighted by Gasteiger charge is -2.07. The predicted octanol–water partition coefficient (Wildman–Crippen LogP) is 4.71. The summed E-state index contributed by atoms with van der Waals surface area (Å²) in [5.41, 5.74) is 4.33. The Morgan fingerprint density at radius 3 is 2.74 bits per heavy atom. The normalized spacial score (nSPS) is 11.2. The highest BCUT2D eigenvalue weighted by molar-refractivity contribution is 7.22. The van der Waals surface area contributed by atoms with E-state index in [9.17, 15) is 4.79 Å². The van der Waals surface area contributed by atoms with Crippen LogP contribution in [0.25, 0.3) is 31.6 Å². The standard InChI is InChI=1S/C23H19N5O2S/c1-13-21(23(29)24-2)16-5-4-15(8-18(16)28(13)3)30-19-6-7-27-17-9-20(31-22(17)19)14-10-25-12-26-11-14/h4-12H,1-3H3,(H,24,29). The van der Waals surface area contributed by atoms with Crippen LogP contribution in [0, 0.1) is 6.92 Å². The van der Waals surface area contributed by atoms with Gasteiger partial charge < -0.3 is 14.6 Å². The molecule has 0 spiro atoms. The van der Waals surface area contributed by atoms with Crippen LogP contribution in [0.2, 0.25) is 0 Å².